The summed E-state index contributed by atoms with van der Waals surface area (Å²) < 4.78 is 39.0. The van der Waals surface area contributed by atoms with Gasteiger partial charge in [0.25, 0.3) is 5.91 Å². The van der Waals surface area contributed by atoms with E-state index in [9.17, 15) is 18.0 Å². The fourth-order valence-electron chi connectivity index (χ4n) is 3.75. The molecule has 2 heterocycles. The van der Waals surface area contributed by atoms with Crippen molar-refractivity contribution in [3.63, 3.8) is 0 Å². The normalized spacial score (nSPS) is 19.3. The molecule has 2 aliphatic rings. The van der Waals surface area contributed by atoms with E-state index in [-0.39, 0.29) is 17.3 Å². The molecular weight excluding hydrogens is 353 g/mol. The summed E-state index contributed by atoms with van der Waals surface area (Å²) in [6.07, 6.45) is -2.47. The van der Waals surface area contributed by atoms with Crippen LogP contribution < -0.4 is 4.90 Å². The predicted octanol–water partition coefficient (Wildman–Crippen LogP) is 5.17. The van der Waals surface area contributed by atoms with Gasteiger partial charge in [0.15, 0.2) is 0 Å². The number of anilines is 1. The third kappa shape index (κ3) is 2.67. The van der Waals surface area contributed by atoms with Crippen LogP contribution in [0.1, 0.15) is 37.5 Å². The van der Waals surface area contributed by atoms with Gasteiger partial charge in [0, 0.05) is 11.1 Å². The number of aliphatic imine (C=N–C) groups is 1. The zero-order valence-electron chi connectivity index (χ0n) is 15.0. The summed E-state index contributed by atoms with van der Waals surface area (Å²) in [4.78, 5) is 19.1. The fraction of sp³-hybridized carbons (Fsp3) is 0.238. The van der Waals surface area contributed by atoms with E-state index in [1.54, 1.807) is 11.0 Å². The molecule has 2 aliphatic heterocycles. The Labute approximate surface area is 154 Å². The van der Waals surface area contributed by atoms with Crippen LogP contribution in [0.3, 0.4) is 0 Å². The molecular formula is C21H16F3N2O. The lowest BCUT2D eigenvalue weighted by atomic mass is 9.89. The number of rotatable bonds is 1. The summed E-state index contributed by atoms with van der Waals surface area (Å²) in [5, 5.41) is 0. The van der Waals surface area contributed by atoms with Crippen LogP contribution in [0.5, 0.6) is 0 Å². The minimum absolute atomic E-state index is 0.0908. The first kappa shape index (κ1) is 17.5. The van der Waals surface area contributed by atoms with E-state index < -0.39 is 17.3 Å². The second-order valence-electron chi connectivity index (χ2n) is 7.26. The largest absolute Gasteiger partial charge is 0.416 e. The summed E-state index contributed by atoms with van der Waals surface area (Å²) in [5.41, 5.74) is 2.12. The van der Waals surface area contributed by atoms with Crippen LogP contribution in [0, 0.1) is 6.07 Å². The standard InChI is InChI=1S/C21H16F3N2O/c1-12-11-20(2,3)26-18-15(12)8-5-9-16(18)17(19(26)27)25-14-7-4-6-13(10-14)21(22,23)24/h4,6-11H,1-3H3. The Morgan fingerprint density at radius 3 is 2.56 bits per heavy atom. The second-order valence-corrected chi connectivity index (χ2v) is 7.26. The zero-order valence-corrected chi connectivity index (χ0v) is 15.0. The molecule has 4 rings (SSSR count). The molecule has 1 radical (unpaired) electrons. The molecule has 137 valence electrons. The Balaban J connectivity index is 1.90. The molecule has 1 amide bonds. The van der Waals surface area contributed by atoms with Gasteiger partial charge >= 0.3 is 6.18 Å². The van der Waals surface area contributed by atoms with Gasteiger partial charge in [-0.1, -0.05) is 12.1 Å². The van der Waals surface area contributed by atoms with Gasteiger partial charge in [0.2, 0.25) is 0 Å². The van der Waals surface area contributed by atoms with Crippen molar-refractivity contribution in [1.29, 1.82) is 0 Å². The topological polar surface area (TPSA) is 32.7 Å². The van der Waals surface area contributed by atoms with Crippen LogP contribution in [0.2, 0.25) is 0 Å². The first-order valence-electron chi connectivity index (χ1n) is 8.44. The van der Waals surface area contributed by atoms with Gasteiger partial charge in [0.05, 0.1) is 22.5 Å². The van der Waals surface area contributed by atoms with Crippen molar-refractivity contribution >= 4 is 28.6 Å². The number of carbonyl (C=O) groups is 1. The molecule has 0 aromatic heterocycles. The predicted molar refractivity (Wildman–Crippen MR) is 98.1 cm³/mol. The van der Waals surface area contributed by atoms with E-state index in [4.69, 9.17) is 0 Å². The van der Waals surface area contributed by atoms with Crippen molar-refractivity contribution in [1.82, 2.24) is 0 Å². The summed E-state index contributed by atoms with van der Waals surface area (Å²) in [6, 6.07) is 11.2. The molecule has 0 bridgehead atoms. The summed E-state index contributed by atoms with van der Waals surface area (Å²) >= 11 is 0. The number of alkyl halides is 3. The highest BCUT2D eigenvalue weighted by Crippen LogP contribution is 2.45. The van der Waals surface area contributed by atoms with Crippen LogP contribution in [0.25, 0.3) is 5.57 Å². The molecule has 0 atom stereocenters. The molecule has 0 unspecified atom stereocenters. The molecule has 0 fully saturated rings. The van der Waals surface area contributed by atoms with E-state index in [1.165, 1.54) is 12.1 Å². The lowest BCUT2D eigenvalue weighted by Crippen LogP contribution is -2.47. The Bertz CT molecular complexity index is 1030. The molecule has 0 saturated carbocycles. The molecule has 0 N–H and O–H groups in total. The van der Waals surface area contributed by atoms with Gasteiger partial charge in [-0.2, -0.15) is 13.2 Å². The average molecular weight is 369 g/mol. The number of nitrogens with zero attached hydrogens (tertiary/aromatic N) is 2. The molecule has 2 aromatic carbocycles. The number of allylic oxidation sites excluding steroid dienone is 1. The summed E-state index contributed by atoms with van der Waals surface area (Å²) in [6.45, 7) is 5.81. The van der Waals surface area contributed by atoms with Crippen molar-refractivity contribution in [3.05, 3.63) is 65.2 Å². The van der Waals surface area contributed by atoms with Gasteiger partial charge in [-0.25, -0.2) is 4.99 Å². The fourth-order valence-corrected chi connectivity index (χ4v) is 3.75. The lowest BCUT2D eigenvalue weighted by Gasteiger charge is -2.38. The third-order valence-electron chi connectivity index (χ3n) is 4.84. The Kier molecular flexibility index (Phi) is 3.60. The molecule has 0 saturated heterocycles. The molecule has 27 heavy (non-hydrogen) atoms. The summed E-state index contributed by atoms with van der Waals surface area (Å²) in [5.74, 6) is -0.322. The van der Waals surface area contributed by atoms with E-state index in [1.807, 2.05) is 32.9 Å². The molecule has 6 heteroatoms. The average Bonchev–Trinajstić information content (AvgIpc) is 2.86. The second kappa shape index (κ2) is 5.55. The van der Waals surface area contributed by atoms with Crippen molar-refractivity contribution in [2.45, 2.75) is 32.5 Å². The van der Waals surface area contributed by atoms with Gasteiger partial charge in [0.1, 0.15) is 5.71 Å². The quantitative estimate of drug-likeness (QED) is 0.683. The maximum atomic E-state index is 13.1. The van der Waals surface area contributed by atoms with E-state index in [0.29, 0.717) is 5.56 Å². The van der Waals surface area contributed by atoms with E-state index in [0.717, 1.165) is 29.0 Å². The van der Waals surface area contributed by atoms with Gasteiger partial charge in [-0.15, -0.1) is 0 Å². The monoisotopic (exact) mass is 369 g/mol. The number of halogens is 3. The number of hydrogen-bond acceptors (Lipinski definition) is 2. The Morgan fingerprint density at radius 1 is 1.15 bits per heavy atom. The van der Waals surface area contributed by atoms with E-state index >= 15 is 0 Å². The van der Waals surface area contributed by atoms with Crippen LogP contribution in [0.4, 0.5) is 24.5 Å². The Hall–Kier alpha value is -2.89. The maximum Gasteiger partial charge on any atom is 0.416 e. The minimum Gasteiger partial charge on any atom is -0.297 e. The van der Waals surface area contributed by atoms with E-state index in [2.05, 4.69) is 11.1 Å². The highest BCUT2D eigenvalue weighted by atomic mass is 19.4. The van der Waals surface area contributed by atoms with Crippen molar-refractivity contribution in [2.24, 2.45) is 4.99 Å². The highest BCUT2D eigenvalue weighted by Gasteiger charge is 2.45. The van der Waals surface area contributed by atoms with Crippen LogP contribution in [0.15, 0.2) is 47.5 Å². The minimum atomic E-state index is -4.47. The maximum absolute atomic E-state index is 13.1. The number of benzene rings is 2. The Morgan fingerprint density at radius 2 is 1.85 bits per heavy atom. The highest BCUT2D eigenvalue weighted by molar-refractivity contribution is 6.55. The number of hydrogen-bond donors (Lipinski definition) is 0. The first-order valence-corrected chi connectivity index (χ1v) is 8.44. The van der Waals surface area contributed by atoms with Gasteiger partial charge < -0.3 is 0 Å². The number of amides is 1. The number of carbonyl (C=O) groups excluding carboxylic acids is 1. The third-order valence-corrected chi connectivity index (χ3v) is 4.84. The van der Waals surface area contributed by atoms with Crippen molar-refractivity contribution in [2.75, 3.05) is 4.90 Å². The first-order chi connectivity index (χ1) is 12.6. The van der Waals surface area contributed by atoms with Crippen LogP contribution in [-0.4, -0.2) is 17.2 Å². The smallest absolute Gasteiger partial charge is 0.297 e. The lowest BCUT2D eigenvalue weighted by molar-refractivity contribution is -0.137. The van der Waals surface area contributed by atoms with Gasteiger partial charge in [-0.3, -0.25) is 9.69 Å². The van der Waals surface area contributed by atoms with Crippen LogP contribution >= 0.6 is 0 Å². The van der Waals surface area contributed by atoms with Crippen LogP contribution in [-0.2, 0) is 11.0 Å². The summed E-state index contributed by atoms with van der Waals surface area (Å²) in [7, 11) is 0. The molecule has 3 nitrogen and oxygen atoms in total. The molecule has 2 aromatic rings. The van der Waals surface area contributed by atoms with Crippen molar-refractivity contribution in [3.8, 4) is 0 Å². The molecule has 0 spiro atoms. The zero-order chi connectivity index (χ0) is 19.6. The van der Waals surface area contributed by atoms with Crippen molar-refractivity contribution < 1.29 is 18.0 Å². The molecule has 0 aliphatic carbocycles. The van der Waals surface area contributed by atoms with Gasteiger partial charge in [-0.05, 0) is 62.7 Å². The SMILES string of the molecule is CC1=CC(C)(C)N2C(=O)C(=Nc3cccc(C(F)(F)F)c3)c3c[c]cc1c32.